The minimum Gasteiger partial charge on any atom is -0.457 e. The monoisotopic (exact) mass is 256 g/mol. The molecule has 0 unspecified atom stereocenters. The molecule has 2 heterocycles. The third-order valence-corrected chi connectivity index (χ3v) is 2.37. The van der Waals surface area contributed by atoms with Gasteiger partial charge in [0.2, 0.25) is 5.89 Å². The van der Waals surface area contributed by atoms with E-state index in [-0.39, 0.29) is 0 Å². The number of hydrogen-bond donors (Lipinski definition) is 1. The van der Waals surface area contributed by atoms with Crippen molar-refractivity contribution in [3.8, 4) is 11.5 Å². The predicted molar refractivity (Wildman–Crippen MR) is 54.7 cm³/mol. The van der Waals surface area contributed by atoms with Crippen molar-refractivity contribution >= 4 is 15.9 Å². The van der Waals surface area contributed by atoms with Gasteiger partial charge in [0.15, 0.2) is 4.67 Å². The van der Waals surface area contributed by atoms with Crippen LogP contribution in [0.25, 0.3) is 11.5 Å². The molecule has 0 spiro atoms. The molecule has 0 atom stereocenters. The number of halogens is 1. The van der Waals surface area contributed by atoms with Crippen molar-refractivity contribution < 1.29 is 8.83 Å². The van der Waals surface area contributed by atoms with E-state index in [4.69, 9.17) is 8.83 Å². The van der Waals surface area contributed by atoms with Gasteiger partial charge in [-0.3, -0.25) is 0 Å². The fourth-order valence-corrected chi connectivity index (χ4v) is 1.55. The van der Waals surface area contributed by atoms with Gasteiger partial charge in [0.05, 0.1) is 17.5 Å². The molecule has 0 aromatic carbocycles. The summed E-state index contributed by atoms with van der Waals surface area (Å²) in [5.74, 6) is 0.566. The van der Waals surface area contributed by atoms with Crippen molar-refractivity contribution in [1.82, 2.24) is 10.3 Å². The summed E-state index contributed by atoms with van der Waals surface area (Å²) in [6.07, 6.45) is 3.21. The van der Waals surface area contributed by atoms with Gasteiger partial charge in [-0.05, 0) is 29.0 Å². The molecule has 2 aromatic rings. The van der Waals surface area contributed by atoms with E-state index in [1.807, 2.05) is 7.05 Å². The van der Waals surface area contributed by atoms with Crippen LogP contribution in [0.1, 0.15) is 5.69 Å². The van der Waals surface area contributed by atoms with Crippen LogP contribution in [0.15, 0.2) is 32.1 Å². The number of furan rings is 1. The van der Waals surface area contributed by atoms with Gasteiger partial charge >= 0.3 is 0 Å². The number of oxazole rings is 1. The zero-order valence-corrected chi connectivity index (χ0v) is 9.17. The highest BCUT2D eigenvalue weighted by atomic mass is 79.9. The molecule has 0 aliphatic rings. The van der Waals surface area contributed by atoms with E-state index >= 15 is 0 Å². The maximum absolute atomic E-state index is 5.30. The molecule has 0 bridgehead atoms. The standard InChI is InChI=1S/C9H9BrN2O2/c1-11-4-6-5-14-9(12-6)7-2-3-13-8(7)10/h2-3,5,11H,4H2,1H3. The van der Waals surface area contributed by atoms with Gasteiger partial charge in [-0.2, -0.15) is 0 Å². The van der Waals surface area contributed by atoms with E-state index in [1.54, 1.807) is 18.6 Å². The van der Waals surface area contributed by atoms with Gasteiger partial charge in [0.1, 0.15) is 6.26 Å². The topological polar surface area (TPSA) is 51.2 Å². The van der Waals surface area contributed by atoms with Crippen molar-refractivity contribution in [3.05, 3.63) is 29.0 Å². The van der Waals surface area contributed by atoms with Crippen LogP contribution >= 0.6 is 15.9 Å². The minimum atomic E-state index is 0.566. The van der Waals surface area contributed by atoms with Gasteiger partial charge in [-0.15, -0.1) is 0 Å². The second kappa shape index (κ2) is 3.98. The molecule has 0 aliphatic heterocycles. The Morgan fingerprint density at radius 1 is 1.50 bits per heavy atom. The van der Waals surface area contributed by atoms with Crippen LogP contribution in [-0.2, 0) is 6.54 Å². The Morgan fingerprint density at radius 3 is 3.00 bits per heavy atom. The van der Waals surface area contributed by atoms with Gasteiger partial charge in [0, 0.05) is 6.54 Å². The lowest BCUT2D eigenvalue weighted by Gasteiger charge is -1.90. The van der Waals surface area contributed by atoms with Gasteiger partial charge in [-0.1, -0.05) is 0 Å². The first-order valence-electron chi connectivity index (χ1n) is 4.13. The second-order valence-electron chi connectivity index (χ2n) is 2.78. The van der Waals surface area contributed by atoms with E-state index in [1.165, 1.54) is 0 Å². The summed E-state index contributed by atoms with van der Waals surface area (Å²) in [5, 5.41) is 3.00. The Bertz CT molecular complexity index is 422. The molecule has 0 saturated carbocycles. The largest absolute Gasteiger partial charge is 0.457 e. The van der Waals surface area contributed by atoms with Crippen LogP contribution in [0.2, 0.25) is 0 Å². The SMILES string of the molecule is CNCc1coc(-c2ccoc2Br)n1. The van der Waals surface area contributed by atoms with Crippen LogP contribution in [0.5, 0.6) is 0 Å². The summed E-state index contributed by atoms with van der Waals surface area (Å²) in [4.78, 5) is 4.28. The molecule has 1 N–H and O–H groups in total. The number of aromatic nitrogens is 1. The molecule has 74 valence electrons. The van der Waals surface area contributed by atoms with Crippen LogP contribution < -0.4 is 5.32 Å². The molecule has 4 nitrogen and oxygen atoms in total. The Hall–Kier alpha value is -1.07. The van der Waals surface area contributed by atoms with Gasteiger partial charge in [0.25, 0.3) is 0 Å². The lowest BCUT2D eigenvalue weighted by Crippen LogP contribution is -2.04. The van der Waals surface area contributed by atoms with E-state index < -0.39 is 0 Å². The zero-order chi connectivity index (χ0) is 9.97. The maximum Gasteiger partial charge on any atom is 0.230 e. The average Bonchev–Trinajstić information content (AvgIpc) is 2.74. The average molecular weight is 257 g/mol. The van der Waals surface area contributed by atoms with Gasteiger partial charge < -0.3 is 14.2 Å². The quantitative estimate of drug-likeness (QED) is 0.917. The first kappa shape index (κ1) is 9.48. The van der Waals surface area contributed by atoms with E-state index in [0.29, 0.717) is 17.1 Å². The third-order valence-electron chi connectivity index (χ3n) is 1.76. The molecule has 0 fully saturated rings. The summed E-state index contributed by atoms with van der Waals surface area (Å²) >= 11 is 3.27. The second-order valence-corrected chi connectivity index (χ2v) is 3.50. The van der Waals surface area contributed by atoms with E-state index in [0.717, 1.165) is 11.3 Å². The lowest BCUT2D eigenvalue weighted by molar-refractivity contribution is 0.535. The fourth-order valence-electron chi connectivity index (χ4n) is 1.14. The van der Waals surface area contributed by atoms with Crippen molar-refractivity contribution in [2.24, 2.45) is 0 Å². The number of rotatable bonds is 3. The maximum atomic E-state index is 5.30. The Kier molecular flexibility index (Phi) is 2.69. The van der Waals surface area contributed by atoms with Crippen molar-refractivity contribution in [2.75, 3.05) is 7.05 Å². The molecular weight excluding hydrogens is 248 g/mol. The Balaban J connectivity index is 2.29. The Labute approximate surface area is 89.4 Å². The summed E-state index contributed by atoms with van der Waals surface area (Å²) in [6, 6.07) is 1.80. The molecule has 2 aromatic heterocycles. The molecule has 5 heteroatoms. The molecule has 0 aliphatic carbocycles. The summed E-state index contributed by atoms with van der Waals surface area (Å²) in [5.41, 5.74) is 1.70. The number of hydrogen-bond acceptors (Lipinski definition) is 4. The summed E-state index contributed by atoms with van der Waals surface area (Å²) in [6.45, 7) is 0.693. The molecular formula is C9H9BrN2O2. The summed E-state index contributed by atoms with van der Waals surface area (Å²) < 4.78 is 11.0. The van der Waals surface area contributed by atoms with Crippen LogP contribution in [-0.4, -0.2) is 12.0 Å². The smallest absolute Gasteiger partial charge is 0.230 e. The van der Waals surface area contributed by atoms with Crippen molar-refractivity contribution in [1.29, 1.82) is 0 Å². The lowest BCUT2D eigenvalue weighted by atomic mass is 10.3. The highest BCUT2D eigenvalue weighted by Gasteiger charge is 2.11. The Morgan fingerprint density at radius 2 is 2.36 bits per heavy atom. The van der Waals surface area contributed by atoms with E-state index in [2.05, 4.69) is 26.2 Å². The van der Waals surface area contributed by atoms with Crippen molar-refractivity contribution in [2.45, 2.75) is 6.54 Å². The number of nitrogens with one attached hydrogen (secondary N) is 1. The number of nitrogens with zero attached hydrogens (tertiary/aromatic N) is 1. The fraction of sp³-hybridized carbons (Fsp3) is 0.222. The minimum absolute atomic E-state index is 0.566. The highest BCUT2D eigenvalue weighted by Crippen LogP contribution is 2.28. The molecule has 2 rings (SSSR count). The molecule has 0 saturated heterocycles. The van der Waals surface area contributed by atoms with Crippen LogP contribution in [0, 0.1) is 0 Å². The van der Waals surface area contributed by atoms with Crippen LogP contribution in [0.3, 0.4) is 0 Å². The van der Waals surface area contributed by atoms with Crippen LogP contribution in [0.4, 0.5) is 0 Å². The molecule has 14 heavy (non-hydrogen) atoms. The zero-order valence-electron chi connectivity index (χ0n) is 7.58. The van der Waals surface area contributed by atoms with Crippen molar-refractivity contribution in [3.63, 3.8) is 0 Å². The first-order chi connectivity index (χ1) is 6.81. The highest BCUT2D eigenvalue weighted by molar-refractivity contribution is 9.10. The molecule has 0 amide bonds. The normalized spacial score (nSPS) is 10.7. The molecule has 0 radical (unpaired) electrons. The van der Waals surface area contributed by atoms with E-state index in [9.17, 15) is 0 Å². The first-order valence-corrected chi connectivity index (χ1v) is 4.93. The van der Waals surface area contributed by atoms with Gasteiger partial charge in [-0.25, -0.2) is 4.98 Å². The third kappa shape index (κ3) is 1.73. The summed E-state index contributed by atoms with van der Waals surface area (Å²) in [7, 11) is 1.86. The predicted octanol–water partition coefficient (Wildman–Crippen LogP) is 2.42.